The van der Waals surface area contributed by atoms with Crippen molar-refractivity contribution in [3.8, 4) is 5.75 Å². The fourth-order valence-corrected chi connectivity index (χ4v) is 3.60. The summed E-state index contributed by atoms with van der Waals surface area (Å²) < 4.78 is 5.35. The number of ketones is 1. The first-order valence-corrected chi connectivity index (χ1v) is 10.1. The van der Waals surface area contributed by atoms with Gasteiger partial charge in [0.25, 0.3) is 0 Å². The van der Waals surface area contributed by atoms with Crippen LogP contribution in [-0.2, 0) is 9.59 Å². The molecule has 1 aliphatic carbocycles. The molecule has 0 aromatic heterocycles. The zero-order chi connectivity index (χ0) is 20.6. The Hall–Kier alpha value is -2.69. The van der Waals surface area contributed by atoms with Gasteiger partial charge in [0.15, 0.2) is 5.78 Å². The Morgan fingerprint density at radius 3 is 2.43 bits per heavy atom. The summed E-state index contributed by atoms with van der Waals surface area (Å²) in [5.74, 6) is 0.464. The Morgan fingerprint density at radius 2 is 1.77 bits per heavy atom. The molecule has 0 amide bonds. The molecule has 0 bridgehead atoms. The zero-order valence-electron chi connectivity index (χ0n) is 17.4. The number of halogens is 1. The summed E-state index contributed by atoms with van der Waals surface area (Å²) in [6.45, 7) is 0.877. The van der Waals surface area contributed by atoms with Gasteiger partial charge in [0.2, 0.25) is 0 Å². The van der Waals surface area contributed by atoms with Gasteiger partial charge >= 0.3 is 5.97 Å². The third-order valence-corrected chi connectivity index (χ3v) is 4.99. The van der Waals surface area contributed by atoms with Crippen molar-refractivity contribution in [1.29, 1.82) is 0 Å². The van der Waals surface area contributed by atoms with Crippen LogP contribution in [0.2, 0.25) is 0 Å². The lowest BCUT2D eigenvalue weighted by molar-refractivity contribution is -0.860. The zero-order valence-corrected chi connectivity index (χ0v) is 18.2. The highest BCUT2D eigenvalue weighted by molar-refractivity contribution is 6.01. The van der Waals surface area contributed by atoms with E-state index in [1.165, 1.54) is 11.0 Å². The summed E-state index contributed by atoms with van der Waals surface area (Å²) in [4.78, 5) is 26.0. The van der Waals surface area contributed by atoms with E-state index >= 15 is 0 Å². The third kappa shape index (κ3) is 6.97. The fraction of sp³-hybridized carbons (Fsp3) is 0.280. The molecule has 4 nitrogen and oxygen atoms in total. The van der Waals surface area contributed by atoms with E-state index in [0.717, 1.165) is 42.5 Å². The number of carbonyl (C=O) groups is 2. The summed E-state index contributed by atoms with van der Waals surface area (Å²) in [6, 6.07) is 16.9. The second-order valence-electron chi connectivity index (χ2n) is 7.77. The Balaban J connectivity index is 0.00000320. The van der Waals surface area contributed by atoms with Gasteiger partial charge in [0.05, 0.1) is 26.6 Å². The van der Waals surface area contributed by atoms with Crippen LogP contribution < -0.4 is 22.0 Å². The molecule has 0 aliphatic heterocycles. The molecule has 0 heterocycles. The summed E-state index contributed by atoms with van der Waals surface area (Å²) in [6.07, 6.45) is 7.98. The molecule has 2 aromatic rings. The maximum Gasteiger partial charge on any atom is 0.336 e. The van der Waals surface area contributed by atoms with Crippen LogP contribution in [0.25, 0.3) is 12.2 Å². The van der Waals surface area contributed by atoms with Crippen molar-refractivity contribution >= 4 is 23.9 Å². The number of carbonyl (C=O) groups excluding carboxylic acids is 2. The maximum absolute atomic E-state index is 12.7. The number of quaternary nitrogens is 1. The van der Waals surface area contributed by atoms with Gasteiger partial charge in [-0.3, -0.25) is 4.79 Å². The number of rotatable bonds is 6. The first-order chi connectivity index (χ1) is 14.0. The fourth-order valence-electron chi connectivity index (χ4n) is 3.60. The maximum atomic E-state index is 12.7. The molecule has 158 valence electrons. The highest BCUT2D eigenvalue weighted by Gasteiger charge is 2.28. The molecule has 2 aromatic carbocycles. The summed E-state index contributed by atoms with van der Waals surface area (Å²) in [7, 11) is 4.17. The molecule has 1 unspecified atom stereocenters. The van der Waals surface area contributed by atoms with E-state index in [4.69, 9.17) is 4.74 Å². The molecule has 1 fully saturated rings. The molecule has 0 spiro atoms. The molecule has 1 saturated carbocycles. The van der Waals surface area contributed by atoms with E-state index < -0.39 is 5.97 Å². The predicted octanol–water partition coefficient (Wildman–Crippen LogP) is 0.207. The van der Waals surface area contributed by atoms with Crippen LogP contribution in [0, 0.1) is 5.92 Å². The Bertz CT molecular complexity index is 902. The van der Waals surface area contributed by atoms with Crippen molar-refractivity contribution in [3.63, 3.8) is 0 Å². The second-order valence-corrected chi connectivity index (χ2v) is 7.77. The van der Waals surface area contributed by atoms with Crippen molar-refractivity contribution in [2.75, 3.05) is 20.6 Å². The highest BCUT2D eigenvalue weighted by Crippen LogP contribution is 2.26. The summed E-state index contributed by atoms with van der Waals surface area (Å²) in [5.41, 5.74) is 2.79. The van der Waals surface area contributed by atoms with Crippen LogP contribution in [0.1, 0.15) is 30.4 Å². The molecular weight excluding hydrogens is 398 g/mol. The molecular formula is C25H28ClNO3. The first-order valence-electron chi connectivity index (χ1n) is 10.1. The minimum Gasteiger partial charge on any atom is -1.00 e. The SMILES string of the molecule is C[NH+](C)CC1CCC/C(=C\c2ccc(OC(=O)/C=C/c3ccccc3)cc2)C1=O.[Cl-]. The molecule has 0 saturated heterocycles. The number of Topliss-reactive ketones (excluding diaryl/α,β-unsaturated/α-hetero) is 1. The van der Waals surface area contributed by atoms with Gasteiger partial charge in [0, 0.05) is 6.08 Å². The smallest absolute Gasteiger partial charge is 0.336 e. The van der Waals surface area contributed by atoms with Crippen LogP contribution in [0.4, 0.5) is 0 Å². The molecule has 5 heteroatoms. The van der Waals surface area contributed by atoms with E-state index in [9.17, 15) is 9.59 Å². The van der Waals surface area contributed by atoms with E-state index in [2.05, 4.69) is 14.1 Å². The third-order valence-electron chi connectivity index (χ3n) is 4.99. The van der Waals surface area contributed by atoms with E-state index in [1.807, 2.05) is 48.5 Å². The first kappa shape index (κ1) is 23.6. The molecule has 1 aliphatic rings. The van der Waals surface area contributed by atoms with E-state index in [0.29, 0.717) is 5.75 Å². The largest absolute Gasteiger partial charge is 1.00 e. The topological polar surface area (TPSA) is 47.8 Å². The summed E-state index contributed by atoms with van der Waals surface area (Å²) >= 11 is 0. The van der Waals surface area contributed by atoms with Crippen LogP contribution in [0.15, 0.2) is 66.2 Å². The number of hydrogen-bond donors (Lipinski definition) is 1. The lowest BCUT2D eigenvalue weighted by atomic mass is 9.83. The van der Waals surface area contributed by atoms with Gasteiger partial charge in [-0.25, -0.2) is 4.79 Å². The quantitative estimate of drug-likeness (QED) is 0.409. The molecule has 1 N–H and O–H groups in total. The molecule has 1 atom stereocenters. The van der Waals surface area contributed by atoms with E-state index in [-0.39, 0.29) is 24.1 Å². The minimum atomic E-state index is -0.420. The summed E-state index contributed by atoms with van der Waals surface area (Å²) in [5, 5.41) is 0. The normalized spacial score (nSPS) is 17.9. The van der Waals surface area contributed by atoms with Crippen LogP contribution in [-0.4, -0.2) is 32.4 Å². The lowest BCUT2D eigenvalue weighted by Gasteiger charge is -2.23. The average molecular weight is 426 g/mol. The number of ether oxygens (including phenoxy) is 1. The van der Waals surface area contributed by atoms with Crippen LogP contribution >= 0.6 is 0 Å². The van der Waals surface area contributed by atoms with Gasteiger partial charge in [0.1, 0.15) is 5.75 Å². The molecule has 0 radical (unpaired) electrons. The lowest BCUT2D eigenvalue weighted by Crippen LogP contribution is -3.06. The van der Waals surface area contributed by atoms with Gasteiger partial charge in [-0.2, -0.15) is 0 Å². The van der Waals surface area contributed by atoms with Crippen LogP contribution in [0.3, 0.4) is 0 Å². The molecule has 3 rings (SSSR count). The Kier molecular flexibility index (Phi) is 9.03. The standard InChI is InChI=1S/C25H27NO3.ClH/c1-26(2)18-22-10-6-9-21(25(22)28)17-20-11-14-23(15-12-20)29-24(27)16-13-19-7-4-3-5-8-19;/h3-5,7-8,11-17,22H,6,9-10,18H2,1-2H3;1H/b16-13+,21-17+;. The van der Waals surface area contributed by atoms with Crippen molar-refractivity contribution in [3.05, 3.63) is 77.4 Å². The number of hydrogen-bond acceptors (Lipinski definition) is 3. The van der Waals surface area contributed by atoms with Crippen LogP contribution in [0.5, 0.6) is 5.75 Å². The highest BCUT2D eigenvalue weighted by atomic mass is 35.5. The average Bonchev–Trinajstić information content (AvgIpc) is 2.71. The minimum absolute atomic E-state index is 0. The Labute approximate surface area is 184 Å². The van der Waals surface area contributed by atoms with Gasteiger partial charge in [-0.05, 0) is 60.2 Å². The van der Waals surface area contributed by atoms with Gasteiger partial charge in [-0.1, -0.05) is 42.5 Å². The van der Waals surface area contributed by atoms with Gasteiger partial charge in [-0.15, -0.1) is 0 Å². The van der Waals surface area contributed by atoms with Crippen molar-refractivity contribution < 1.29 is 31.6 Å². The number of nitrogens with one attached hydrogen (secondary N) is 1. The van der Waals surface area contributed by atoms with Gasteiger partial charge < -0.3 is 22.0 Å². The molecule has 30 heavy (non-hydrogen) atoms. The number of allylic oxidation sites excluding steroid dienone is 1. The van der Waals surface area contributed by atoms with Crippen molar-refractivity contribution in [2.45, 2.75) is 19.3 Å². The Morgan fingerprint density at radius 1 is 1.07 bits per heavy atom. The van der Waals surface area contributed by atoms with Crippen molar-refractivity contribution in [1.82, 2.24) is 0 Å². The second kappa shape index (κ2) is 11.5. The number of esters is 1. The monoisotopic (exact) mass is 425 g/mol. The van der Waals surface area contributed by atoms with Crippen molar-refractivity contribution in [2.24, 2.45) is 5.92 Å². The van der Waals surface area contributed by atoms with E-state index in [1.54, 1.807) is 18.2 Å². The number of benzene rings is 2. The predicted molar refractivity (Wildman–Crippen MR) is 116 cm³/mol.